The normalized spacial score (nSPS) is 10.8. The van der Waals surface area contributed by atoms with Crippen molar-refractivity contribution in [1.82, 2.24) is 21.7 Å². The Bertz CT molecular complexity index is 1510. The Morgan fingerprint density at radius 1 is 0.500 bits per heavy atom. The van der Waals surface area contributed by atoms with Crippen molar-refractivity contribution in [3.63, 3.8) is 0 Å². The fourth-order valence-corrected chi connectivity index (χ4v) is 7.67. The van der Waals surface area contributed by atoms with Crippen molar-refractivity contribution in [3.05, 3.63) is 58.7 Å². The molecule has 0 bridgehead atoms. The summed E-state index contributed by atoms with van der Waals surface area (Å²) in [6.45, 7) is 4.87. The smallest absolute Gasteiger partial charge is 0.306 e. The van der Waals surface area contributed by atoms with E-state index in [0.29, 0.717) is 49.1 Å². The number of aromatic hydroxyl groups is 2. The second-order valence-electron chi connectivity index (χ2n) is 14.3. The summed E-state index contributed by atoms with van der Waals surface area (Å²) in [5, 5.41) is 20.3. The molecule has 0 saturated carbocycles. The van der Waals surface area contributed by atoms with Gasteiger partial charge in [-0.2, -0.15) is 23.5 Å². The zero-order valence-corrected chi connectivity index (χ0v) is 37.0. The Kier molecular flexibility index (Phi) is 27.9. The molecule has 0 spiro atoms. The fraction of sp³-hybridized carbons (Fsp3) is 0.591. The van der Waals surface area contributed by atoms with Gasteiger partial charge in [-0.05, 0) is 61.8 Å². The van der Waals surface area contributed by atoms with Crippen LogP contribution in [0.15, 0.2) is 36.4 Å². The molecule has 0 saturated heterocycles. The number of hydrogen-bond acceptors (Lipinski definition) is 12. The van der Waals surface area contributed by atoms with Crippen molar-refractivity contribution in [2.45, 2.75) is 129 Å². The molecular formula is C44H66N4O10S2. The lowest BCUT2D eigenvalue weighted by Crippen LogP contribution is -2.42. The molecule has 16 heteroatoms. The first-order valence-corrected chi connectivity index (χ1v) is 23.6. The Hall–Kier alpha value is -4.44. The van der Waals surface area contributed by atoms with Gasteiger partial charge in [0.1, 0.15) is 11.5 Å². The Labute approximate surface area is 363 Å². The molecule has 14 nitrogen and oxygen atoms in total. The van der Waals surface area contributed by atoms with Crippen LogP contribution in [-0.2, 0) is 41.5 Å². The van der Waals surface area contributed by atoms with Gasteiger partial charge in [-0.1, -0.05) is 89.5 Å². The minimum Gasteiger partial charge on any atom is -0.507 e. The number of carbonyl (C=O) groups excluding carboxylic acids is 6. The molecule has 0 unspecified atom stereocenters. The number of phenols is 2. The average molecular weight is 875 g/mol. The van der Waals surface area contributed by atoms with Gasteiger partial charge in [-0.15, -0.1) is 0 Å². The molecule has 2 aromatic carbocycles. The fourth-order valence-electron chi connectivity index (χ4n) is 5.98. The highest BCUT2D eigenvalue weighted by Crippen LogP contribution is 2.24. The third-order valence-electron chi connectivity index (χ3n) is 9.35. The van der Waals surface area contributed by atoms with Crippen LogP contribution in [0, 0.1) is 0 Å². The van der Waals surface area contributed by atoms with Crippen LogP contribution in [-0.4, -0.2) is 82.0 Å². The van der Waals surface area contributed by atoms with Crippen molar-refractivity contribution in [3.8, 4) is 11.5 Å². The molecule has 6 N–H and O–H groups in total. The SMILES string of the molecule is CCCCc1cccc(O)c1C(=O)NNC(=O)CCSCCC(=O)OCCCCCCCCCCOC(=O)CCSCCC(=O)NNC(=O)c1c(O)cccc1CCCC. The molecule has 334 valence electrons. The van der Waals surface area contributed by atoms with E-state index in [-0.39, 0.29) is 72.1 Å². The van der Waals surface area contributed by atoms with Crippen molar-refractivity contribution in [1.29, 1.82) is 0 Å². The van der Waals surface area contributed by atoms with Gasteiger partial charge in [0, 0.05) is 35.9 Å². The molecule has 0 aliphatic heterocycles. The number of ether oxygens (including phenoxy) is 2. The number of carbonyl (C=O) groups is 6. The first-order chi connectivity index (χ1) is 29.1. The topological polar surface area (TPSA) is 209 Å². The first-order valence-electron chi connectivity index (χ1n) is 21.3. The summed E-state index contributed by atoms with van der Waals surface area (Å²) in [5.41, 5.74) is 11.3. The predicted octanol–water partition coefficient (Wildman–Crippen LogP) is 7.24. The van der Waals surface area contributed by atoms with E-state index >= 15 is 0 Å². The Balaban J connectivity index is 1.36. The number of aryl methyl sites for hydroxylation is 2. The zero-order valence-electron chi connectivity index (χ0n) is 35.4. The molecule has 0 atom stereocenters. The van der Waals surface area contributed by atoms with E-state index in [1.165, 1.54) is 35.7 Å². The first kappa shape index (κ1) is 51.7. The second-order valence-corrected chi connectivity index (χ2v) is 16.8. The maximum Gasteiger partial charge on any atom is 0.306 e. The van der Waals surface area contributed by atoms with Gasteiger partial charge in [0.2, 0.25) is 11.8 Å². The van der Waals surface area contributed by atoms with Crippen LogP contribution >= 0.6 is 23.5 Å². The van der Waals surface area contributed by atoms with Crippen LogP contribution in [0.5, 0.6) is 11.5 Å². The minimum absolute atomic E-state index is 0.126. The number of nitrogens with one attached hydrogen (secondary N) is 4. The summed E-state index contributed by atoms with van der Waals surface area (Å²) < 4.78 is 10.6. The van der Waals surface area contributed by atoms with Gasteiger partial charge in [0.15, 0.2) is 0 Å². The largest absolute Gasteiger partial charge is 0.507 e. The van der Waals surface area contributed by atoms with Crippen LogP contribution in [0.25, 0.3) is 0 Å². The monoisotopic (exact) mass is 874 g/mol. The van der Waals surface area contributed by atoms with Crippen LogP contribution < -0.4 is 21.7 Å². The quantitative estimate of drug-likeness (QED) is 0.0252. The van der Waals surface area contributed by atoms with Crippen LogP contribution in [0.2, 0.25) is 0 Å². The van der Waals surface area contributed by atoms with Crippen molar-refractivity contribution in [2.75, 3.05) is 36.2 Å². The van der Waals surface area contributed by atoms with Gasteiger partial charge >= 0.3 is 11.9 Å². The zero-order chi connectivity index (χ0) is 43.8. The number of hydrogen-bond donors (Lipinski definition) is 6. The number of benzene rings is 2. The summed E-state index contributed by atoms with van der Waals surface area (Å²) in [7, 11) is 0. The number of rotatable bonds is 31. The molecule has 2 rings (SSSR count). The maximum atomic E-state index is 12.6. The molecule has 0 fully saturated rings. The molecule has 0 aliphatic carbocycles. The van der Waals surface area contributed by atoms with Crippen LogP contribution in [0.3, 0.4) is 0 Å². The molecule has 4 amide bonds. The maximum absolute atomic E-state index is 12.6. The third kappa shape index (κ3) is 22.8. The van der Waals surface area contributed by atoms with E-state index in [9.17, 15) is 39.0 Å². The molecular weight excluding hydrogens is 809 g/mol. The standard InChI is InChI=1S/C44H66N4O10S2/c1-3-5-17-33-19-15-21-35(49)41(33)43(55)47-45-37(51)23-29-59-31-25-39(53)57-27-13-11-9-7-8-10-12-14-28-58-40(54)26-32-60-30-24-38(52)46-48-44(56)42-34(18-6-4-2)20-16-22-36(42)50/h15-16,19-22,49-50H,3-14,17-18,23-32H2,1-2H3,(H,45,51)(H,46,52)(H,47,55)(H,48,56). The minimum atomic E-state index is -0.561. The summed E-state index contributed by atoms with van der Waals surface area (Å²) in [6.07, 6.45) is 13.7. The summed E-state index contributed by atoms with van der Waals surface area (Å²) in [6, 6.07) is 9.87. The Morgan fingerprint density at radius 2 is 0.867 bits per heavy atom. The number of hydrazine groups is 2. The highest BCUT2D eigenvalue weighted by molar-refractivity contribution is 7.99. The number of thioether (sulfide) groups is 2. The van der Waals surface area contributed by atoms with Gasteiger partial charge in [-0.3, -0.25) is 50.5 Å². The van der Waals surface area contributed by atoms with Gasteiger partial charge < -0.3 is 19.7 Å². The van der Waals surface area contributed by atoms with Crippen molar-refractivity contribution in [2.24, 2.45) is 0 Å². The highest BCUT2D eigenvalue weighted by Gasteiger charge is 2.18. The number of unbranched alkanes of at least 4 members (excludes halogenated alkanes) is 9. The van der Waals surface area contributed by atoms with Gasteiger partial charge in [0.05, 0.1) is 37.2 Å². The number of esters is 2. The lowest BCUT2D eigenvalue weighted by atomic mass is 10.0. The molecule has 2 aromatic rings. The van der Waals surface area contributed by atoms with E-state index < -0.39 is 11.8 Å². The van der Waals surface area contributed by atoms with Crippen molar-refractivity contribution < 1.29 is 48.5 Å². The molecule has 0 aromatic heterocycles. The molecule has 60 heavy (non-hydrogen) atoms. The van der Waals surface area contributed by atoms with E-state index in [2.05, 4.69) is 21.7 Å². The third-order valence-corrected chi connectivity index (χ3v) is 11.3. The van der Waals surface area contributed by atoms with E-state index in [0.717, 1.165) is 88.2 Å². The lowest BCUT2D eigenvalue weighted by Gasteiger charge is -2.12. The second kappa shape index (κ2) is 32.3. The molecule has 0 heterocycles. The van der Waals surface area contributed by atoms with E-state index in [1.807, 2.05) is 13.8 Å². The lowest BCUT2D eigenvalue weighted by molar-refractivity contribution is -0.144. The van der Waals surface area contributed by atoms with E-state index in [1.54, 1.807) is 24.3 Å². The predicted molar refractivity (Wildman–Crippen MR) is 237 cm³/mol. The van der Waals surface area contributed by atoms with Gasteiger partial charge in [0.25, 0.3) is 11.8 Å². The summed E-state index contributed by atoms with van der Waals surface area (Å²) in [4.78, 5) is 73.6. The average Bonchev–Trinajstić information content (AvgIpc) is 3.23. The van der Waals surface area contributed by atoms with Crippen LogP contribution in [0.1, 0.15) is 148 Å². The number of amides is 4. The van der Waals surface area contributed by atoms with Crippen molar-refractivity contribution >= 4 is 59.1 Å². The summed E-state index contributed by atoms with van der Waals surface area (Å²) in [5.74, 6) is -0.574. The van der Waals surface area contributed by atoms with Crippen LogP contribution in [0.4, 0.5) is 0 Å². The molecule has 0 radical (unpaired) electrons. The Morgan fingerprint density at radius 3 is 1.25 bits per heavy atom. The molecule has 0 aliphatic rings. The highest BCUT2D eigenvalue weighted by atomic mass is 32.2. The number of phenolic OH excluding ortho intramolecular Hbond substituents is 2. The summed E-state index contributed by atoms with van der Waals surface area (Å²) >= 11 is 2.92. The van der Waals surface area contributed by atoms with Gasteiger partial charge in [-0.25, -0.2) is 0 Å². The van der Waals surface area contributed by atoms with E-state index in [4.69, 9.17) is 9.47 Å².